The summed E-state index contributed by atoms with van der Waals surface area (Å²) in [7, 11) is -3.70. The van der Waals surface area contributed by atoms with E-state index >= 15 is 0 Å². The molecule has 33 heavy (non-hydrogen) atoms. The molecule has 0 aromatic heterocycles. The van der Waals surface area contributed by atoms with Crippen LogP contribution in [-0.4, -0.2) is 45.7 Å². The Kier molecular flexibility index (Phi) is 17.7. The predicted molar refractivity (Wildman–Crippen MR) is 132 cm³/mol. The molecule has 0 aliphatic rings. The van der Waals surface area contributed by atoms with Crippen LogP contribution < -0.4 is 0 Å². The molecule has 9 heteroatoms. The molecule has 0 saturated carbocycles. The van der Waals surface area contributed by atoms with Crippen LogP contribution in [0.15, 0.2) is 0 Å². The molecule has 200 valence electrons. The minimum atomic E-state index is -4.72. The molecule has 0 saturated heterocycles. The Labute approximate surface area is 212 Å². The molecule has 6 atom stereocenters. The van der Waals surface area contributed by atoms with Crippen LogP contribution in [0, 0.1) is 0 Å². The van der Waals surface area contributed by atoms with E-state index in [1.165, 1.54) is 0 Å². The molecule has 0 fully saturated rings. The van der Waals surface area contributed by atoms with Gasteiger partial charge in [-0.05, 0) is 0 Å². The first-order valence-corrected chi connectivity index (χ1v) is 18.9. The topological polar surface area (TPSA) is 64.6 Å². The van der Waals surface area contributed by atoms with Gasteiger partial charge in [-0.1, -0.05) is 0 Å². The Balaban J connectivity index is 6.63. The summed E-state index contributed by atoms with van der Waals surface area (Å²) in [6.45, 7) is 24.6. The van der Waals surface area contributed by atoms with Gasteiger partial charge in [-0.2, -0.15) is 0 Å². The molecule has 0 aliphatic heterocycles. The van der Waals surface area contributed by atoms with E-state index in [1.807, 2.05) is 41.5 Å². The third kappa shape index (κ3) is 13.1. The quantitative estimate of drug-likeness (QED) is 0.143. The maximum absolute atomic E-state index is 6.88. The average molecular weight is 574 g/mol. The predicted octanol–water partition coefficient (Wildman–Crippen LogP) is 7.14. The summed E-state index contributed by atoms with van der Waals surface area (Å²) >= 11 is -4.72. The van der Waals surface area contributed by atoms with Gasteiger partial charge in [-0.25, -0.2) is 0 Å². The van der Waals surface area contributed by atoms with Gasteiger partial charge in [0.05, 0.1) is 0 Å². The Morgan fingerprint density at radius 2 is 0.697 bits per heavy atom. The minimum absolute atomic E-state index is 0.0867. The van der Waals surface area contributed by atoms with Gasteiger partial charge in [-0.15, -0.1) is 0 Å². The molecule has 6 unspecified atom stereocenters. The number of hydrogen-bond donors (Lipinski definition) is 0. The standard InChI is InChI=1S/C12H27O4Si.3C4H9O.Zr/c1-7-10(4)14-17(13,15-11(5)8-2)16-12(6)9-3;3*1-3-4(2)5;/h10-12H,7-9H2,1-6H3;3*4H,3H2,1-2H3;/q4*-1;+4. The fourth-order valence-corrected chi connectivity index (χ4v) is 14.8. The van der Waals surface area contributed by atoms with Crippen molar-refractivity contribution in [3.8, 4) is 0 Å². The maximum atomic E-state index is 6.88. The van der Waals surface area contributed by atoms with E-state index in [0.29, 0.717) is 0 Å². The summed E-state index contributed by atoms with van der Waals surface area (Å²) in [5.41, 5.74) is 0. The number of hydrogen-bond acceptors (Lipinski definition) is 7. The number of rotatable bonds is 20. The molecule has 0 aliphatic carbocycles. The molecule has 0 aromatic rings. The van der Waals surface area contributed by atoms with E-state index in [9.17, 15) is 0 Å². The normalized spacial score (nSPS) is 21.5. The molecule has 0 bridgehead atoms. The molecule has 0 aromatic carbocycles. The Morgan fingerprint density at radius 3 is 0.909 bits per heavy atom. The SMILES string of the molecule is CCC(C)O[Si](OC(C)CC)(OC(C)CC)[O][Zr]([O]C(C)CC)([O]C(C)CC)[O]C(C)CC. The molecule has 0 heterocycles. The zero-order valence-electron chi connectivity index (χ0n) is 23.6. The zero-order valence-corrected chi connectivity index (χ0v) is 27.0. The van der Waals surface area contributed by atoms with Crippen molar-refractivity contribution in [2.75, 3.05) is 0 Å². The van der Waals surface area contributed by atoms with Crippen molar-refractivity contribution in [2.45, 2.75) is 158 Å². The van der Waals surface area contributed by atoms with Crippen LogP contribution in [0.5, 0.6) is 0 Å². The molecule has 0 radical (unpaired) electrons. The fourth-order valence-electron chi connectivity index (χ4n) is 2.44. The average Bonchev–Trinajstić information content (AvgIpc) is 2.77. The molecular weight excluding hydrogens is 520 g/mol. The fraction of sp³-hybridized carbons (Fsp3) is 1.00. The van der Waals surface area contributed by atoms with Crippen molar-refractivity contribution in [1.29, 1.82) is 0 Å². The molecule has 0 amide bonds. The van der Waals surface area contributed by atoms with Gasteiger partial charge in [-0.3, -0.25) is 0 Å². The van der Waals surface area contributed by atoms with Crippen LogP contribution in [0.1, 0.15) is 122 Å². The summed E-state index contributed by atoms with van der Waals surface area (Å²) in [6, 6.07) is 0. The van der Waals surface area contributed by atoms with Crippen LogP contribution in [0.2, 0.25) is 0 Å². The van der Waals surface area contributed by atoms with Crippen molar-refractivity contribution >= 4 is 9.05 Å². The summed E-state index contributed by atoms with van der Waals surface area (Å²) in [5, 5.41) is 0. The molecule has 7 nitrogen and oxygen atoms in total. The van der Waals surface area contributed by atoms with Gasteiger partial charge in [0.15, 0.2) is 0 Å². The van der Waals surface area contributed by atoms with Crippen molar-refractivity contribution in [3.63, 3.8) is 0 Å². The Bertz CT molecular complexity index is 395. The van der Waals surface area contributed by atoms with E-state index in [0.717, 1.165) is 38.5 Å². The molecule has 0 rings (SSSR count). The molecular formula is C24H54O7SiZr. The second-order valence-electron chi connectivity index (χ2n) is 9.12. The van der Waals surface area contributed by atoms with Crippen LogP contribution in [-0.2, 0) is 46.2 Å². The summed E-state index contributed by atoms with van der Waals surface area (Å²) < 4.78 is 46.1. The second kappa shape index (κ2) is 17.3. The van der Waals surface area contributed by atoms with E-state index in [-0.39, 0.29) is 36.6 Å². The summed E-state index contributed by atoms with van der Waals surface area (Å²) in [4.78, 5) is 0. The third-order valence-electron chi connectivity index (χ3n) is 5.77. The summed E-state index contributed by atoms with van der Waals surface area (Å²) in [5.74, 6) is 0. The van der Waals surface area contributed by atoms with E-state index in [2.05, 4.69) is 41.5 Å². The van der Waals surface area contributed by atoms with Crippen molar-refractivity contribution in [2.24, 2.45) is 0 Å². The van der Waals surface area contributed by atoms with Gasteiger partial charge in [0, 0.05) is 0 Å². The summed E-state index contributed by atoms with van der Waals surface area (Å²) in [6.07, 6.45) is 4.28. The molecule has 0 spiro atoms. The second-order valence-corrected chi connectivity index (χ2v) is 16.7. The van der Waals surface area contributed by atoms with Gasteiger partial charge < -0.3 is 0 Å². The van der Waals surface area contributed by atoms with Gasteiger partial charge in [0.2, 0.25) is 0 Å². The first kappa shape index (κ1) is 33.8. The van der Waals surface area contributed by atoms with Crippen molar-refractivity contribution in [3.05, 3.63) is 0 Å². The molecule has 0 N–H and O–H groups in total. The first-order chi connectivity index (χ1) is 15.4. The monoisotopic (exact) mass is 572 g/mol. The van der Waals surface area contributed by atoms with Gasteiger partial charge in [0.25, 0.3) is 0 Å². The third-order valence-corrected chi connectivity index (χ3v) is 17.1. The van der Waals surface area contributed by atoms with E-state index in [1.54, 1.807) is 0 Å². The van der Waals surface area contributed by atoms with Crippen LogP contribution in [0.3, 0.4) is 0 Å². The van der Waals surface area contributed by atoms with Gasteiger partial charge in [0.1, 0.15) is 0 Å². The Hall–Kier alpha value is 0.820. The Morgan fingerprint density at radius 1 is 0.455 bits per heavy atom. The van der Waals surface area contributed by atoms with Crippen LogP contribution in [0.25, 0.3) is 0 Å². The first-order valence-electron chi connectivity index (χ1n) is 13.2. The van der Waals surface area contributed by atoms with Crippen LogP contribution in [0.4, 0.5) is 0 Å². The van der Waals surface area contributed by atoms with Crippen molar-refractivity contribution < 1.29 is 46.2 Å². The van der Waals surface area contributed by atoms with E-state index in [4.69, 9.17) is 24.2 Å². The van der Waals surface area contributed by atoms with Gasteiger partial charge >= 0.3 is 214 Å². The van der Waals surface area contributed by atoms with Crippen molar-refractivity contribution in [1.82, 2.24) is 0 Å². The zero-order chi connectivity index (χ0) is 25.7. The van der Waals surface area contributed by atoms with Crippen LogP contribution >= 0.6 is 0 Å². The van der Waals surface area contributed by atoms with E-state index < -0.39 is 31.1 Å².